The normalized spacial score (nSPS) is 16.7. The number of aryl methyl sites for hydroxylation is 1. The van der Waals surface area contributed by atoms with E-state index in [1.807, 2.05) is 6.92 Å². The highest BCUT2D eigenvalue weighted by molar-refractivity contribution is 6.52. The number of amides is 1. The first-order valence-corrected chi connectivity index (χ1v) is 11.8. The van der Waals surface area contributed by atoms with Crippen molar-refractivity contribution in [3.05, 3.63) is 81.9 Å². The van der Waals surface area contributed by atoms with Crippen molar-refractivity contribution in [3.8, 4) is 23.0 Å². The van der Waals surface area contributed by atoms with Crippen molar-refractivity contribution >= 4 is 34.7 Å². The number of methoxy groups -OCH3 is 2. The van der Waals surface area contributed by atoms with Gasteiger partial charge in [-0.1, -0.05) is 23.7 Å². The zero-order valence-corrected chi connectivity index (χ0v) is 21.5. The number of ether oxygens (including phenoxy) is 3. The molecule has 8 nitrogen and oxygen atoms in total. The number of nitrogens with zero attached hydrogens (tertiary/aromatic N) is 1. The summed E-state index contributed by atoms with van der Waals surface area (Å²) in [6.07, 6.45) is 0. The van der Waals surface area contributed by atoms with Gasteiger partial charge in [0.2, 0.25) is 0 Å². The molecule has 0 aromatic heterocycles. The molecule has 192 valence electrons. The molecule has 3 aromatic rings. The third-order valence-electron chi connectivity index (χ3n) is 6.06. The van der Waals surface area contributed by atoms with Crippen LogP contribution in [-0.4, -0.2) is 42.7 Å². The molecule has 0 saturated carbocycles. The van der Waals surface area contributed by atoms with E-state index in [1.54, 1.807) is 37.3 Å². The van der Waals surface area contributed by atoms with E-state index >= 15 is 0 Å². The molecule has 0 radical (unpaired) electrons. The molecule has 0 aliphatic carbocycles. The molecule has 37 heavy (non-hydrogen) atoms. The highest BCUT2D eigenvalue weighted by Crippen LogP contribution is 2.46. The number of anilines is 1. The van der Waals surface area contributed by atoms with Crippen LogP contribution in [-0.2, 0) is 9.59 Å². The fourth-order valence-corrected chi connectivity index (χ4v) is 4.51. The number of phenolic OH excluding ortho intramolecular Hbond substituents is 1. The molecule has 1 aliphatic heterocycles. The fourth-order valence-electron chi connectivity index (χ4n) is 4.32. The highest BCUT2D eigenvalue weighted by atomic mass is 35.5. The smallest absolute Gasteiger partial charge is 0.300 e. The molecule has 1 saturated heterocycles. The van der Waals surface area contributed by atoms with Crippen LogP contribution in [0.4, 0.5) is 5.69 Å². The number of aliphatic hydroxyl groups is 1. The Balaban J connectivity index is 2.00. The fraction of sp³-hybridized carbons (Fsp3) is 0.214. The molecule has 1 unspecified atom stereocenters. The lowest BCUT2D eigenvalue weighted by Crippen LogP contribution is -2.29. The summed E-state index contributed by atoms with van der Waals surface area (Å²) in [5, 5.41) is 22.4. The molecule has 1 heterocycles. The lowest BCUT2D eigenvalue weighted by Gasteiger charge is -2.27. The molecule has 2 N–H and O–H groups in total. The third kappa shape index (κ3) is 4.68. The number of Topliss-reactive ketones (excluding diaryl/α,β-unsaturated/α-hetero) is 1. The summed E-state index contributed by atoms with van der Waals surface area (Å²) in [4.78, 5) is 28.0. The van der Waals surface area contributed by atoms with Crippen molar-refractivity contribution in [1.82, 2.24) is 0 Å². The first kappa shape index (κ1) is 25.9. The summed E-state index contributed by atoms with van der Waals surface area (Å²) in [5.74, 6) is -1.27. The second-order valence-corrected chi connectivity index (χ2v) is 8.76. The minimum atomic E-state index is -1.08. The van der Waals surface area contributed by atoms with Gasteiger partial charge in [-0.15, -0.1) is 0 Å². The maximum absolute atomic E-state index is 13.4. The van der Waals surface area contributed by atoms with E-state index in [2.05, 4.69) is 0 Å². The predicted octanol–water partition coefficient (Wildman–Crippen LogP) is 5.40. The van der Waals surface area contributed by atoms with Gasteiger partial charge in [0.05, 0.1) is 43.2 Å². The summed E-state index contributed by atoms with van der Waals surface area (Å²) in [6.45, 7) is 3.97. The Hall–Kier alpha value is -4.17. The van der Waals surface area contributed by atoms with E-state index in [-0.39, 0.29) is 28.3 Å². The summed E-state index contributed by atoms with van der Waals surface area (Å²) in [7, 11) is 2.93. The summed E-state index contributed by atoms with van der Waals surface area (Å²) in [5.41, 5.74) is 1.43. The Morgan fingerprint density at radius 3 is 2.38 bits per heavy atom. The van der Waals surface area contributed by atoms with Gasteiger partial charge in [-0.3, -0.25) is 14.5 Å². The quantitative estimate of drug-likeness (QED) is 0.243. The molecule has 4 rings (SSSR count). The Morgan fingerprint density at radius 1 is 0.973 bits per heavy atom. The van der Waals surface area contributed by atoms with Gasteiger partial charge >= 0.3 is 0 Å². The number of hydrogen-bond acceptors (Lipinski definition) is 7. The molecule has 3 aromatic carbocycles. The number of rotatable bonds is 7. The first-order valence-electron chi connectivity index (χ1n) is 11.5. The van der Waals surface area contributed by atoms with Crippen LogP contribution in [0.3, 0.4) is 0 Å². The van der Waals surface area contributed by atoms with E-state index in [0.717, 1.165) is 5.56 Å². The van der Waals surface area contributed by atoms with Gasteiger partial charge in [-0.25, -0.2) is 0 Å². The Kier molecular flexibility index (Phi) is 7.31. The van der Waals surface area contributed by atoms with Gasteiger partial charge in [-0.05, 0) is 67.4 Å². The average Bonchev–Trinajstić information content (AvgIpc) is 3.15. The van der Waals surface area contributed by atoms with Crippen molar-refractivity contribution in [2.24, 2.45) is 0 Å². The van der Waals surface area contributed by atoms with Crippen LogP contribution in [0.15, 0.2) is 60.2 Å². The van der Waals surface area contributed by atoms with Crippen LogP contribution in [0.2, 0.25) is 5.02 Å². The molecule has 0 bridgehead atoms. The van der Waals surface area contributed by atoms with Crippen molar-refractivity contribution in [2.75, 3.05) is 25.7 Å². The van der Waals surface area contributed by atoms with E-state index < -0.39 is 23.5 Å². The molecule has 1 amide bonds. The van der Waals surface area contributed by atoms with Crippen LogP contribution >= 0.6 is 11.6 Å². The average molecular weight is 524 g/mol. The van der Waals surface area contributed by atoms with Crippen LogP contribution in [0, 0.1) is 6.92 Å². The van der Waals surface area contributed by atoms with Crippen LogP contribution in [0.1, 0.15) is 29.7 Å². The Bertz CT molecular complexity index is 1420. The zero-order chi connectivity index (χ0) is 26.9. The second kappa shape index (κ2) is 10.4. The molecule has 0 spiro atoms. The van der Waals surface area contributed by atoms with E-state index in [0.29, 0.717) is 28.7 Å². The number of halogens is 1. The molecule has 1 aliphatic rings. The van der Waals surface area contributed by atoms with Gasteiger partial charge in [0.1, 0.15) is 17.3 Å². The maximum atomic E-state index is 13.4. The SMILES string of the molecule is CCOc1cc(C2/C(=C(/O)c3ccc(Cl)c(OC)c3)C(=O)C(=O)N2c2cc(C)ccc2O)ccc1OC. The third-order valence-corrected chi connectivity index (χ3v) is 6.37. The lowest BCUT2D eigenvalue weighted by atomic mass is 9.94. The Labute approximate surface area is 219 Å². The summed E-state index contributed by atoms with van der Waals surface area (Å²) in [6, 6.07) is 13.2. The van der Waals surface area contributed by atoms with Gasteiger partial charge in [-0.2, -0.15) is 0 Å². The van der Waals surface area contributed by atoms with Gasteiger partial charge in [0, 0.05) is 5.56 Å². The second-order valence-electron chi connectivity index (χ2n) is 8.35. The lowest BCUT2D eigenvalue weighted by molar-refractivity contribution is -0.132. The predicted molar refractivity (Wildman–Crippen MR) is 140 cm³/mol. The van der Waals surface area contributed by atoms with Crippen molar-refractivity contribution in [2.45, 2.75) is 19.9 Å². The van der Waals surface area contributed by atoms with Crippen LogP contribution in [0.5, 0.6) is 23.0 Å². The highest BCUT2D eigenvalue weighted by Gasteiger charge is 2.48. The number of phenols is 1. The Morgan fingerprint density at radius 2 is 1.70 bits per heavy atom. The van der Waals surface area contributed by atoms with Gasteiger partial charge in [0.15, 0.2) is 11.5 Å². The van der Waals surface area contributed by atoms with Crippen LogP contribution in [0.25, 0.3) is 5.76 Å². The molecule has 1 atom stereocenters. The number of carbonyl (C=O) groups is 2. The number of ketones is 1. The topological polar surface area (TPSA) is 106 Å². The maximum Gasteiger partial charge on any atom is 0.300 e. The summed E-state index contributed by atoms with van der Waals surface area (Å²) >= 11 is 6.14. The zero-order valence-electron chi connectivity index (χ0n) is 20.7. The molecular formula is C28H26ClNO7. The van der Waals surface area contributed by atoms with Crippen molar-refractivity contribution in [1.29, 1.82) is 0 Å². The van der Waals surface area contributed by atoms with Gasteiger partial charge < -0.3 is 24.4 Å². The van der Waals surface area contributed by atoms with Crippen molar-refractivity contribution in [3.63, 3.8) is 0 Å². The molecule has 9 heteroatoms. The monoisotopic (exact) mass is 523 g/mol. The van der Waals surface area contributed by atoms with E-state index in [9.17, 15) is 19.8 Å². The first-order chi connectivity index (χ1) is 17.7. The number of benzene rings is 3. The number of hydrogen-bond donors (Lipinski definition) is 2. The number of carbonyl (C=O) groups excluding carboxylic acids is 2. The van der Waals surface area contributed by atoms with Crippen LogP contribution < -0.4 is 19.1 Å². The van der Waals surface area contributed by atoms with Crippen molar-refractivity contribution < 1.29 is 34.0 Å². The largest absolute Gasteiger partial charge is 0.507 e. The van der Waals surface area contributed by atoms with E-state index in [1.165, 1.54) is 43.4 Å². The minimum Gasteiger partial charge on any atom is -0.507 e. The van der Waals surface area contributed by atoms with E-state index in [4.69, 9.17) is 25.8 Å². The minimum absolute atomic E-state index is 0.133. The summed E-state index contributed by atoms with van der Waals surface area (Å²) < 4.78 is 16.4. The number of aliphatic hydroxyl groups excluding tert-OH is 1. The molecular weight excluding hydrogens is 498 g/mol. The van der Waals surface area contributed by atoms with Gasteiger partial charge in [0.25, 0.3) is 11.7 Å². The number of aromatic hydroxyl groups is 1. The standard InChI is InChI=1S/C28H26ClNO7/c1-5-37-23-13-16(8-11-21(23)35-3)25-24(26(32)17-7-9-18(29)22(14-17)36-4)27(33)28(34)30(25)19-12-15(2)6-10-20(19)31/h6-14,25,31-32H,5H2,1-4H3/b26-24-. The molecule has 1 fully saturated rings.